The Kier molecular flexibility index (Phi) is 7.95. The van der Waals surface area contributed by atoms with Crippen LogP contribution in [-0.2, 0) is 9.53 Å². The van der Waals surface area contributed by atoms with Gasteiger partial charge in [0, 0.05) is 41.0 Å². The summed E-state index contributed by atoms with van der Waals surface area (Å²) in [7, 11) is 0. The van der Waals surface area contributed by atoms with Crippen molar-refractivity contribution >= 4 is 49.6 Å². The summed E-state index contributed by atoms with van der Waals surface area (Å²) >= 11 is 6.66. The molecule has 2 amide bonds. The standard InChI is InChI=1S/C11H13BrN2O3.C9H11BrN2O2/c1-2-17-10(15)4-8-5-13-11(16)9-3-7(12)6-14(8)9;10-6-3-8-9(14)11-4-7(1-2-13)12(8)5-6/h3,6,8H,2,4-5H2,1H3,(H,13,16);3,5,7,13H,1-2,4H2,(H,11,14). The zero-order valence-corrected chi connectivity index (χ0v) is 20.1. The SMILES string of the molecule is CCOC(=O)CC1CNC(=O)c2cc(Br)cn21.O=C1NCC(CCO)n2cc(Br)cc21. The topological polar surface area (TPSA) is 115 Å². The second kappa shape index (κ2) is 10.5. The summed E-state index contributed by atoms with van der Waals surface area (Å²) in [6, 6.07) is 3.62. The summed E-state index contributed by atoms with van der Waals surface area (Å²) in [6.45, 7) is 3.33. The minimum absolute atomic E-state index is 0.0510. The lowest BCUT2D eigenvalue weighted by atomic mass is 10.1. The fraction of sp³-hybridized carbons (Fsp3) is 0.450. The first-order chi connectivity index (χ1) is 14.8. The van der Waals surface area contributed by atoms with Crippen molar-refractivity contribution in [3.05, 3.63) is 44.9 Å². The quantitative estimate of drug-likeness (QED) is 0.487. The molecule has 0 fully saturated rings. The summed E-state index contributed by atoms with van der Waals surface area (Å²) < 4.78 is 10.4. The van der Waals surface area contributed by atoms with E-state index in [1.165, 1.54) is 0 Å². The number of esters is 1. The molecule has 11 heteroatoms. The van der Waals surface area contributed by atoms with Gasteiger partial charge in [0.25, 0.3) is 11.8 Å². The van der Waals surface area contributed by atoms with E-state index in [0.717, 1.165) is 8.95 Å². The number of hydrogen-bond donors (Lipinski definition) is 3. The van der Waals surface area contributed by atoms with Gasteiger partial charge < -0.3 is 29.6 Å². The average molecular weight is 560 g/mol. The molecule has 4 heterocycles. The van der Waals surface area contributed by atoms with E-state index in [-0.39, 0.29) is 42.9 Å². The number of fused-ring (bicyclic) bond motifs is 2. The van der Waals surface area contributed by atoms with Crippen molar-refractivity contribution in [1.29, 1.82) is 0 Å². The number of aliphatic hydroxyl groups is 1. The minimum atomic E-state index is -0.246. The van der Waals surface area contributed by atoms with Crippen LogP contribution in [0.25, 0.3) is 0 Å². The van der Waals surface area contributed by atoms with Crippen LogP contribution in [0.1, 0.15) is 52.8 Å². The van der Waals surface area contributed by atoms with Crippen LogP contribution in [0, 0.1) is 0 Å². The fourth-order valence-corrected chi connectivity index (χ4v) is 4.51. The largest absolute Gasteiger partial charge is 0.466 e. The van der Waals surface area contributed by atoms with Crippen molar-refractivity contribution in [1.82, 2.24) is 19.8 Å². The van der Waals surface area contributed by atoms with Gasteiger partial charge in [-0.2, -0.15) is 0 Å². The third-order valence-electron chi connectivity index (χ3n) is 5.05. The minimum Gasteiger partial charge on any atom is -0.466 e. The number of nitrogens with zero attached hydrogens (tertiary/aromatic N) is 2. The number of aliphatic hydroxyl groups excluding tert-OH is 1. The summed E-state index contributed by atoms with van der Waals surface area (Å²) in [6.07, 6.45) is 4.63. The zero-order chi connectivity index (χ0) is 22.5. The molecule has 2 aliphatic rings. The van der Waals surface area contributed by atoms with Crippen molar-refractivity contribution in [3.8, 4) is 0 Å². The van der Waals surface area contributed by atoms with E-state index >= 15 is 0 Å². The van der Waals surface area contributed by atoms with E-state index < -0.39 is 0 Å². The van der Waals surface area contributed by atoms with Crippen molar-refractivity contribution < 1.29 is 24.2 Å². The predicted molar refractivity (Wildman–Crippen MR) is 120 cm³/mol. The molecule has 3 N–H and O–H groups in total. The van der Waals surface area contributed by atoms with Crippen LogP contribution in [0.4, 0.5) is 0 Å². The van der Waals surface area contributed by atoms with Crippen LogP contribution in [0.15, 0.2) is 33.5 Å². The Labute approximate surface area is 196 Å². The van der Waals surface area contributed by atoms with E-state index in [1.807, 2.05) is 21.5 Å². The first-order valence-corrected chi connectivity index (χ1v) is 11.5. The van der Waals surface area contributed by atoms with Crippen LogP contribution in [0.5, 0.6) is 0 Å². The molecule has 0 saturated carbocycles. The van der Waals surface area contributed by atoms with Gasteiger partial charge in [0.2, 0.25) is 0 Å². The molecule has 2 unspecified atom stereocenters. The Morgan fingerprint density at radius 2 is 1.58 bits per heavy atom. The zero-order valence-electron chi connectivity index (χ0n) is 16.9. The van der Waals surface area contributed by atoms with Crippen LogP contribution >= 0.6 is 31.9 Å². The smallest absolute Gasteiger partial charge is 0.307 e. The first-order valence-electron chi connectivity index (χ1n) is 9.91. The number of amides is 2. The van der Waals surface area contributed by atoms with Crippen molar-refractivity contribution in [2.24, 2.45) is 0 Å². The maximum absolute atomic E-state index is 11.6. The molecule has 0 saturated heterocycles. The highest BCUT2D eigenvalue weighted by molar-refractivity contribution is 9.10. The van der Waals surface area contributed by atoms with Crippen LogP contribution in [0.2, 0.25) is 0 Å². The second-order valence-electron chi connectivity index (χ2n) is 7.15. The number of halogens is 2. The average Bonchev–Trinajstić information content (AvgIpc) is 3.31. The van der Waals surface area contributed by atoms with Crippen molar-refractivity contribution in [3.63, 3.8) is 0 Å². The molecule has 0 aliphatic carbocycles. The Morgan fingerprint density at radius 1 is 1.06 bits per heavy atom. The highest BCUT2D eigenvalue weighted by Gasteiger charge is 2.27. The first kappa shape index (κ1) is 23.6. The molecule has 2 aliphatic heterocycles. The molecule has 0 aromatic carbocycles. The summed E-state index contributed by atoms with van der Waals surface area (Å²) in [4.78, 5) is 34.5. The summed E-state index contributed by atoms with van der Waals surface area (Å²) in [5, 5.41) is 14.4. The van der Waals surface area contributed by atoms with Crippen molar-refractivity contribution in [2.45, 2.75) is 31.8 Å². The van der Waals surface area contributed by atoms with Crippen LogP contribution in [0.3, 0.4) is 0 Å². The summed E-state index contributed by atoms with van der Waals surface area (Å²) in [5.41, 5.74) is 1.22. The van der Waals surface area contributed by atoms with Gasteiger partial charge in [-0.15, -0.1) is 0 Å². The van der Waals surface area contributed by atoms with Gasteiger partial charge in [-0.3, -0.25) is 14.4 Å². The van der Waals surface area contributed by atoms with E-state index in [1.54, 1.807) is 19.1 Å². The van der Waals surface area contributed by atoms with Crippen LogP contribution in [-0.4, -0.2) is 58.3 Å². The number of carbonyl (C=O) groups excluding carboxylic acids is 3. The van der Waals surface area contributed by atoms with Gasteiger partial charge in [-0.1, -0.05) is 0 Å². The molecule has 0 spiro atoms. The molecule has 0 radical (unpaired) electrons. The number of carbonyl (C=O) groups is 3. The molecule has 31 heavy (non-hydrogen) atoms. The van der Waals surface area contributed by atoms with Crippen LogP contribution < -0.4 is 10.6 Å². The van der Waals surface area contributed by atoms with Gasteiger partial charge in [-0.25, -0.2) is 0 Å². The molecular formula is C20H24Br2N4O5. The van der Waals surface area contributed by atoms with Gasteiger partial charge in [-0.05, 0) is 57.3 Å². The molecule has 2 atom stereocenters. The van der Waals surface area contributed by atoms with Gasteiger partial charge in [0.05, 0.1) is 25.1 Å². The van der Waals surface area contributed by atoms with E-state index in [0.29, 0.717) is 37.5 Å². The number of ether oxygens (including phenoxy) is 1. The second-order valence-corrected chi connectivity index (χ2v) is 8.98. The Balaban J connectivity index is 0.000000179. The molecule has 2 aromatic rings. The lowest BCUT2D eigenvalue weighted by Crippen LogP contribution is -2.39. The molecule has 4 rings (SSSR count). The molecule has 2 aromatic heterocycles. The Hall–Kier alpha value is -2.11. The number of hydrogen-bond acceptors (Lipinski definition) is 5. The Morgan fingerprint density at radius 3 is 2.10 bits per heavy atom. The molecule has 9 nitrogen and oxygen atoms in total. The molecule has 168 valence electrons. The number of rotatable bonds is 5. The lowest BCUT2D eigenvalue weighted by Gasteiger charge is -2.25. The monoisotopic (exact) mass is 558 g/mol. The molecular weight excluding hydrogens is 536 g/mol. The highest BCUT2D eigenvalue weighted by Crippen LogP contribution is 2.25. The van der Waals surface area contributed by atoms with Gasteiger partial charge in [0.15, 0.2) is 0 Å². The van der Waals surface area contributed by atoms with Gasteiger partial charge >= 0.3 is 5.97 Å². The van der Waals surface area contributed by atoms with Gasteiger partial charge in [0.1, 0.15) is 11.4 Å². The fourth-order valence-electron chi connectivity index (χ4n) is 3.63. The van der Waals surface area contributed by atoms with Crippen molar-refractivity contribution in [2.75, 3.05) is 26.3 Å². The third-order valence-corrected chi connectivity index (χ3v) is 5.92. The maximum atomic E-state index is 11.6. The van der Waals surface area contributed by atoms with E-state index in [9.17, 15) is 14.4 Å². The Bertz CT molecular complexity index is 971. The number of nitrogens with one attached hydrogen (secondary N) is 2. The van der Waals surface area contributed by atoms with E-state index in [2.05, 4.69) is 42.5 Å². The lowest BCUT2D eigenvalue weighted by molar-refractivity contribution is -0.144. The summed E-state index contributed by atoms with van der Waals surface area (Å²) in [5.74, 6) is -0.412. The predicted octanol–water partition coefficient (Wildman–Crippen LogP) is 2.41. The normalized spacial score (nSPS) is 19.4. The third kappa shape index (κ3) is 5.58. The maximum Gasteiger partial charge on any atom is 0.307 e. The highest BCUT2D eigenvalue weighted by atomic mass is 79.9. The van der Waals surface area contributed by atoms with E-state index in [4.69, 9.17) is 9.84 Å². The number of aromatic nitrogens is 2. The molecule has 0 bridgehead atoms.